The van der Waals surface area contributed by atoms with Crippen molar-refractivity contribution < 1.29 is 4.79 Å². The zero-order valence-electron chi connectivity index (χ0n) is 12.5. The van der Waals surface area contributed by atoms with Gasteiger partial charge in [0.25, 0.3) is 0 Å². The van der Waals surface area contributed by atoms with Gasteiger partial charge in [-0.15, -0.1) is 0 Å². The molecule has 0 unspecified atom stereocenters. The van der Waals surface area contributed by atoms with Crippen molar-refractivity contribution in [3.8, 4) is 0 Å². The van der Waals surface area contributed by atoms with Crippen LogP contribution in [0.2, 0.25) is 0 Å². The number of thioether (sulfide) groups is 1. The van der Waals surface area contributed by atoms with E-state index in [0.29, 0.717) is 11.0 Å². The van der Waals surface area contributed by atoms with E-state index in [2.05, 4.69) is 4.98 Å². The molecule has 1 aromatic heterocycles. The molecule has 1 aliphatic carbocycles. The number of aromatic nitrogens is 1. The maximum Gasteiger partial charge on any atom is 0.172 e. The highest BCUT2D eigenvalue weighted by Crippen LogP contribution is 2.28. The molecule has 0 spiro atoms. The van der Waals surface area contributed by atoms with Crippen molar-refractivity contribution >= 4 is 28.4 Å². The second-order valence-corrected chi connectivity index (χ2v) is 7.14. The third-order valence-corrected chi connectivity index (χ3v) is 5.52. The number of carbonyl (C=O) groups excluding carboxylic acids is 1. The van der Waals surface area contributed by atoms with E-state index >= 15 is 0 Å². The van der Waals surface area contributed by atoms with E-state index in [4.69, 9.17) is 0 Å². The molecule has 21 heavy (non-hydrogen) atoms. The Morgan fingerprint density at radius 2 is 2.00 bits per heavy atom. The maximum absolute atomic E-state index is 12.4. The molecule has 2 aromatic rings. The Hall–Kier alpha value is -1.35. The molecule has 3 heteroatoms. The van der Waals surface area contributed by atoms with Crippen LogP contribution in [-0.2, 0) is 0 Å². The highest BCUT2D eigenvalue weighted by Gasteiger charge is 2.16. The molecule has 1 heterocycles. The summed E-state index contributed by atoms with van der Waals surface area (Å²) in [6.07, 6.45) is 6.57. The number of nitrogens with zero attached hydrogens (tertiary/aromatic N) is 1. The normalized spacial score (nSPS) is 16.2. The van der Waals surface area contributed by atoms with Crippen LogP contribution in [0.3, 0.4) is 0 Å². The number of ketones is 1. The molecule has 1 fully saturated rings. The summed E-state index contributed by atoms with van der Waals surface area (Å²) in [7, 11) is 0. The summed E-state index contributed by atoms with van der Waals surface area (Å²) in [6, 6.07) is 9.89. The number of rotatable bonds is 4. The first-order valence-corrected chi connectivity index (χ1v) is 8.79. The molecule has 1 saturated carbocycles. The fourth-order valence-electron chi connectivity index (χ4n) is 2.91. The van der Waals surface area contributed by atoms with E-state index in [9.17, 15) is 4.79 Å². The second-order valence-electron chi connectivity index (χ2n) is 5.85. The number of carbonyl (C=O) groups is 1. The number of benzene rings is 1. The fraction of sp³-hybridized carbons (Fsp3) is 0.444. The van der Waals surface area contributed by atoms with Crippen LogP contribution in [0.1, 0.15) is 48.2 Å². The largest absolute Gasteiger partial charge is 0.293 e. The lowest BCUT2D eigenvalue weighted by molar-refractivity contribution is 0.102. The highest BCUT2D eigenvalue weighted by atomic mass is 32.2. The van der Waals surface area contributed by atoms with Crippen molar-refractivity contribution in [1.82, 2.24) is 4.98 Å². The second kappa shape index (κ2) is 6.61. The average Bonchev–Trinajstić information content (AvgIpc) is 2.53. The van der Waals surface area contributed by atoms with Crippen molar-refractivity contribution in [3.05, 3.63) is 41.6 Å². The Morgan fingerprint density at radius 3 is 2.81 bits per heavy atom. The lowest BCUT2D eigenvalue weighted by Crippen LogP contribution is -2.12. The van der Waals surface area contributed by atoms with Gasteiger partial charge in [-0.05, 0) is 44.0 Å². The quantitative estimate of drug-likeness (QED) is 0.760. The summed E-state index contributed by atoms with van der Waals surface area (Å²) >= 11 is 1.84. The molecule has 0 aliphatic heterocycles. The average molecular weight is 299 g/mol. The number of fused-ring (bicyclic) bond motifs is 1. The van der Waals surface area contributed by atoms with Crippen molar-refractivity contribution in [2.24, 2.45) is 0 Å². The molecule has 0 amide bonds. The van der Waals surface area contributed by atoms with Gasteiger partial charge in [0, 0.05) is 21.9 Å². The Balaban J connectivity index is 1.67. The first-order chi connectivity index (χ1) is 10.2. The standard InChI is InChI=1S/C18H21NOS/c1-13-7-8-14-11-15(9-10-17(14)19-13)18(20)12-21-16-5-3-2-4-6-16/h7-11,16H,2-6,12H2,1H3. The van der Waals surface area contributed by atoms with Crippen LogP contribution in [0.4, 0.5) is 0 Å². The van der Waals surface area contributed by atoms with E-state index in [-0.39, 0.29) is 5.78 Å². The molecular weight excluding hydrogens is 278 g/mol. The smallest absolute Gasteiger partial charge is 0.172 e. The first-order valence-electron chi connectivity index (χ1n) is 7.74. The molecule has 110 valence electrons. The van der Waals surface area contributed by atoms with E-state index in [1.165, 1.54) is 32.1 Å². The van der Waals surface area contributed by atoms with Crippen molar-refractivity contribution in [3.63, 3.8) is 0 Å². The number of Topliss-reactive ketones (excluding diaryl/α,β-unsaturated/α-hetero) is 1. The van der Waals surface area contributed by atoms with Crippen LogP contribution in [0, 0.1) is 6.92 Å². The molecule has 0 N–H and O–H groups in total. The zero-order valence-corrected chi connectivity index (χ0v) is 13.3. The summed E-state index contributed by atoms with van der Waals surface area (Å²) in [5.41, 5.74) is 2.79. The van der Waals surface area contributed by atoms with Crippen LogP contribution in [0.15, 0.2) is 30.3 Å². The zero-order chi connectivity index (χ0) is 14.7. The molecule has 0 bridgehead atoms. The molecule has 3 rings (SSSR count). The Kier molecular flexibility index (Phi) is 4.59. The molecule has 0 saturated heterocycles. The topological polar surface area (TPSA) is 30.0 Å². The van der Waals surface area contributed by atoms with Crippen molar-refractivity contribution in [2.45, 2.75) is 44.3 Å². The van der Waals surface area contributed by atoms with Gasteiger partial charge in [-0.2, -0.15) is 11.8 Å². The van der Waals surface area contributed by atoms with Gasteiger partial charge in [0.2, 0.25) is 0 Å². The molecular formula is C18H21NOS. The number of aryl methyl sites for hydroxylation is 1. The Labute approximate surface area is 130 Å². The van der Waals surface area contributed by atoms with Crippen molar-refractivity contribution in [2.75, 3.05) is 5.75 Å². The SMILES string of the molecule is Cc1ccc2cc(C(=O)CSC3CCCCC3)ccc2n1. The predicted octanol–water partition coefficient (Wildman–Crippen LogP) is 4.79. The van der Waals surface area contributed by atoms with Crippen LogP contribution < -0.4 is 0 Å². The lowest BCUT2D eigenvalue weighted by Gasteiger charge is -2.20. The predicted molar refractivity (Wildman–Crippen MR) is 90.1 cm³/mol. The molecule has 0 atom stereocenters. The minimum absolute atomic E-state index is 0.244. The minimum Gasteiger partial charge on any atom is -0.293 e. The van der Waals surface area contributed by atoms with Crippen molar-refractivity contribution in [1.29, 1.82) is 0 Å². The molecule has 0 radical (unpaired) electrons. The van der Waals surface area contributed by atoms with E-state index < -0.39 is 0 Å². The molecule has 1 aromatic carbocycles. The van der Waals surface area contributed by atoms with Gasteiger partial charge in [0.05, 0.1) is 11.3 Å². The number of hydrogen-bond acceptors (Lipinski definition) is 3. The maximum atomic E-state index is 12.4. The van der Waals surface area contributed by atoms with Gasteiger partial charge in [-0.3, -0.25) is 9.78 Å². The summed E-state index contributed by atoms with van der Waals surface area (Å²) in [4.78, 5) is 16.8. The van der Waals surface area contributed by atoms with Crippen LogP contribution in [0.25, 0.3) is 10.9 Å². The van der Waals surface area contributed by atoms with E-state index in [1.807, 2.05) is 49.0 Å². The number of pyridine rings is 1. The van der Waals surface area contributed by atoms with Crippen LogP contribution >= 0.6 is 11.8 Å². The minimum atomic E-state index is 0.244. The van der Waals surface area contributed by atoms with Gasteiger partial charge in [-0.1, -0.05) is 25.3 Å². The lowest BCUT2D eigenvalue weighted by atomic mass is 10.0. The monoisotopic (exact) mass is 299 g/mol. The fourth-order valence-corrected chi connectivity index (χ4v) is 4.13. The Bertz CT molecular complexity index is 647. The summed E-state index contributed by atoms with van der Waals surface area (Å²) < 4.78 is 0. The van der Waals surface area contributed by atoms with Gasteiger partial charge < -0.3 is 0 Å². The highest BCUT2D eigenvalue weighted by molar-refractivity contribution is 8.00. The summed E-state index contributed by atoms with van der Waals surface area (Å²) in [6.45, 7) is 1.99. The van der Waals surface area contributed by atoms with Gasteiger partial charge in [0.15, 0.2) is 5.78 Å². The van der Waals surface area contributed by atoms with Gasteiger partial charge in [-0.25, -0.2) is 0 Å². The van der Waals surface area contributed by atoms with E-state index in [0.717, 1.165) is 22.2 Å². The number of hydrogen-bond donors (Lipinski definition) is 0. The van der Waals surface area contributed by atoms with Gasteiger partial charge in [0.1, 0.15) is 0 Å². The third kappa shape index (κ3) is 3.65. The molecule has 1 aliphatic rings. The summed E-state index contributed by atoms with van der Waals surface area (Å²) in [5, 5.41) is 1.74. The van der Waals surface area contributed by atoms with Crippen LogP contribution in [-0.4, -0.2) is 21.8 Å². The molecule has 2 nitrogen and oxygen atoms in total. The summed E-state index contributed by atoms with van der Waals surface area (Å²) in [5.74, 6) is 0.850. The first kappa shape index (κ1) is 14.6. The third-order valence-electron chi connectivity index (χ3n) is 4.15. The Morgan fingerprint density at radius 1 is 1.19 bits per heavy atom. The van der Waals surface area contributed by atoms with Crippen LogP contribution in [0.5, 0.6) is 0 Å². The van der Waals surface area contributed by atoms with E-state index in [1.54, 1.807) is 0 Å². The van der Waals surface area contributed by atoms with Gasteiger partial charge >= 0.3 is 0 Å².